The van der Waals surface area contributed by atoms with Crippen LogP contribution in [0.3, 0.4) is 0 Å². The highest BCUT2D eigenvalue weighted by molar-refractivity contribution is 6.01. The Bertz CT molecular complexity index is 377. The summed E-state index contributed by atoms with van der Waals surface area (Å²) in [7, 11) is 0. The van der Waals surface area contributed by atoms with Gasteiger partial charge in [0.1, 0.15) is 0 Å². The molecule has 12 heavy (non-hydrogen) atoms. The van der Waals surface area contributed by atoms with Crippen LogP contribution in [0.25, 0.3) is 11.6 Å². The summed E-state index contributed by atoms with van der Waals surface area (Å²) in [6, 6.07) is 10.0. The molecule has 0 unspecified atom stereocenters. The molecule has 0 atom stereocenters. The van der Waals surface area contributed by atoms with Gasteiger partial charge in [0.25, 0.3) is 0 Å². The Balaban J connectivity index is 0.000000336. The first kappa shape index (κ1) is 8.11. The van der Waals surface area contributed by atoms with E-state index in [1.54, 1.807) is 0 Å². The van der Waals surface area contributed by atoms with Crippen molar-refractivity contribution in [2.75, 3.05) is 0 Å². The molecule has 0 aromatic heterocycles. The molecule has 1 nitrogen and oxygen atoms in total. The lowest BCUT2D eigenvalue weighted by Gasteiger charge is -2.12. The quantitative estimate of drug-likeness (QED) is 0.525. The summed E-state index contributed by atoms with van der Waals surface area (Å²) >= 11 is 0. The molecular formula is C11H7N. The number of nitriles is 1. The number of nitrogens with zero attached hydrogens (tertiary/aromatic N) is 1. The first-order valence-corrected chi connectivity index (χ1v) is 3.46. The number of benzene rings is 1. The Hall–Kier alpha value is -1.99. The van der Waals surface area contributed by atoms with Crippen molar-refractivity contribution in [1.82, 2.24) is 0 Å². The molecule has 56 valence electrons. The standard InChI is InChI=1S/C9H5N.C2H2/c10-6-8-5-7-3-1-2-4-9(7)8;1-2/h1-5H;1-2H. The minimum absolute atomic E-state index is 0.801. The molecule has 0 N–H and O–H groups in total. The molecule has 0 saturated carbocycles. The maximum absolute atomic E-state index is 8.51. The van der Waals surface area contributed by atoms with E-state index >= 15 is 0 Å². The smallest absolute Gasteiger partial charge is 0.0998 e. The highest BCUT2D eigenvalue weighted by Gasteiger charge is 2.13. The number of rotatable bonds is 0. The van der Waals surface area contributed by atoms with Gasteiger partial charge < -0.3 is 0 Å². The van der Waals surface area contributed by atoms with E-state index < -0.39 is 0 Å². The highest BCUT2D eigenvalue weighted by Crippen LogP contribution is 2.30. The first-order chi connectivity index (χ1) is 5.92. The summed E-state index contributed by atoms with van der Waals surface area (Å²) in [6.07, 6.45) is 9.90. The summed E-state index contributed by atoms with van der Waals surface area (Å²) in [5, 5.41) is 8.51. The molecule has 0 amide bonds. The van der Waals surface area contributed by atoms with Crippen LogP contribution in [-0.2, 0) is 0 Å². The molecule has 2 rings (SSSR count). The van der Waals surface area contributed by atoms with E-state index in [9.17, 15) is 0 Å². The molecule has 0 heterocycles. The van der Waals surface area contributed by atoms with Gasteiger partial charge in [-0.1, -0.05) is 24.3 Å². The van der Waals surface area contributed by atoms with Gasteiger partial charge in [0, 0.05) is 0 Å². The van der Waals surface area contributed by atoms with Crippen LogP contribution in [0.15, 0.2) is 24.3 Å². The predicted molar refractivity (Wildman–Crippen MR) is 49.8 cm³/mol. The number of allylic oxidation sites excluding steroid dienone is 1. The van der Waals surface area contributed by atoms with Crippen LogP contribution in [0, 0.1) is 24.2 Å². The number of hydrogen-bond donors (Lipinski definition) is 0. The zero-order valence-electron chi connectivity index (χ0n) is 6.49. The second kappa shape index (κ2) is 3.42. The fourth-order valence-electron chi connectivity index (χ4n) is 1.12. The molecule has 0 spiro atoms. The summed E-state index contributed by atoms with van der Waals surface area (Å²) < 4.78 is 0. The Labute approximate surface area is 72.0 Å². The molecule has 0 aliphatic heterocycles. The van der Waals surface area contributed by atoms with Gasteiger partial charge >= 0.3 is 0 Å². The molecule has 0 bridgehead atoms. The predicted octanol–water partition coefficient (Wildman–Crippen LogP) is 2.31. The fraction of sp³-hybridized carbons (Fsp3) is 0. The van der Waals surface area contributed by atoms with E-state index in [0.29, 0.717) is 0 Å². The Morgan fingerprint density at radius 2 is 1.83 bits per heavy atom. The third-order valence-electron chi connectivity index (χ3n) is 1.67. The fourth-order valence-corrected chi connectivity index (χ4v) is 1.12. The second-order valence-electron chi connectivity index (χ2n) is 2.26. The Morgan fingerprint density at radius 1 is 1.17 bits per heavy atom. The monoisotopic (exact) mass is 153 g/mol. The minimum atomic E-state index is 0.801. The number of terminal acetylenes is 1. The molecule has 0 radical (unpaired) electrons. The van der Waals surface area contributed by atoms with Crippen LogP contribution >= 0.6 is 0 Å². The van der Waals surface area contributed by atoms with Gasteiger partial charge in [-0.25, -0.2) is 0 Å². The van der Waals surface area contributed by atoms with Gasteiger partial charge in [-0.2, -0.15) is 5.26 Å². The highest BCUT2D eigenvalue weighted by atomic mass is 14.3. The Kier molecular flexibility index (Phi) is 2.31. The van der Waals surface area contributed by atoms with E-state index in [-0.39, 0.29) is 0 Å². The zero-order valence-corrected chi connectivity index (χ0v) is 6.49. The van der Waals surface area contributed by atoms with Gasteiger partial charge in [0.15, 0.2) is 0 Å². The van der Waals surface area contributed by atoms with Gasteiger partial charge in [0.05, 0.1) is 11.6 Å². The molecule has 0 saturated heterocycles. The summed E-state index contributed by atoms with van der Waals surface area (Å²) in [6.45, 7) is 0. The van der Waals surface area contributed by atoms with Crippen molar-refractivity contribution < 1.29 is 0 Å². The minimum Gasteiger partial charge on any atom is -0.192 e. The van der Waals surface area contributed by atoms with Crippen LogP contribution in [0.4, 0.5) is 0 Å². The van der Waals surface area contributed by atoms with Crippen molar-refractivity contribution in [2.24, 2.45) is 0 Å². The third kappa shape index (κ3) is 1.09. The first-order valence-electron chi connectivity index (χ1n) is 3.46. The van der Waals surface area contributed by atoms with Crippen molar-refractivity contribution >= 4 is 11.6 Å². The van der Waals surface area contributed by atoms with Crippen LogP contribution in [0.1, 0.15) is 11.1 Å². The van der Waals surface area contributed by atoms with E-state index in [2.05, 4.69) is 18.9 Å². The average Bonchev–Trinajstić information content (AvgIpc) is 2.11. The lowest BCUT2D eigenvalue weighted by Crippen LogP contribution is -1.94. The number of hydrogen-bond acceptors (Lipinski definition) is 1. The van der Waals surface area contributed by atoms with Crippen molar-refractivity contribution in [3.8, 4) is 18.9 Å². The maximum atomic E-state index is 8.51. The molecule has 1 aromatic carbocycles. The van der Waals surface area contributed by atoms with Gasteiger partial charge in [-0.15, -0.1) is 12.8 Å². The van der Waals surface area contributed by atoms with E-state index in [1.165, 1.54) is 5.56 Å². The maximum Gasteiger partial charge on any atom is 0.0998 e. The molecule has 0 fully saturated rings. The zero-order chi connectivity index (χ0) is 8.97. The summed E-state index contributed by atoms with van der Waals surface area (Å²) in [5.74, 6) is 0. The lowest BCUT2D eigenvalue weighted by atomic mass is 9.90. The molecular weight excluding hydrogens is 146 g/mol. The van der Waals surface area contributed by atoms with Crippen molar-refractivity contribution in [3.05, 3.63) is 35.4 Å². The summed E-state index contributed by atoms with van der Waals surface area (Å²) in [4.78, 5) is 0. The Morgan fingerprint density at radius 3 is 2.42 bits per heavy atom. The van der Waals surface area contributed by atoms with Gasteiger partial charge in [-0.05, 0) is 17.2 Å². The van der Waals surface area contributed by atoms with Gasteiger partial charge in [0.2, 0.25) is 0 Å². The SMILES string of the molecule is C#C.N#CC1=Cc2ccccc21. The molecule has 1 aliphatic rings. The van der Waals surface area contributed by atoms with Crippen molar-refractivity contribution in [3.63, 3.8) is 0 Å². The largest absolute Gasteiger partial charge is 0.192 e. The van der Waals surface area contributed by atoms with Crippen molar-refractivity contribution in [1.29, 1.82) is 5.26 Å². The lowest BCUT2D eigenvalue weighted by molar-refractivity contribution is 1.49. The van der Waals surface area contributed by atoms with Gasteiger partial charge in [-0.3, -0.25) is 0 Å². The van der Waals surface area contributed by atoms with Crippen LogP contribution in [0.2, 0.25) is 0 Å². The molecule has 1 heteroatoms. The van der Waals surface area contributed by atoms with E-state index in [0.717, 1.165) is 11.1 Å². The second-order valence-corrected chi connectivity index (χ2v) is 2.26. The normalized spacial score (nSPS) is 10.6. The van der Waals surface area contributed by atoms with Crippen LogP contribution in [-0.4, -0.2) is 0 Å². The van der Waals surface area contributed by atoms with Crippen LogP contribution in [0.5, 0.6) is 0 Å². The van der Waals surface area contributed by atoms with E-state index in [1.807, 2.05) is 30.3 Å². The third-order valence-corrected chi connectivity index (χ3v) is 1.67. The average molecular weight is 153 g/mol. The topological polar surface area (TPSA) is 23.8 Å². The van der Waals surface area contributed by atoms with Crippen molar-refractivity contribution in [2.45, 2.75) is 0 Å². The van der Waals surface area contributed by atoms with Crippen LogP contribution < -0.4 is 0 Å². The number of fused-ring (bicyclic) bond motifs is 1. The summed E-state index contributed by atoms with van der Waals surface area (Å²) in [5.41, 5.74) is 3.07. The molecule has 1 aliphatic carbocycles. The molecule has 1 aromatic rings. The van der Waals surface area contributed by atoms with E-state index in [4.69, 9.17) is 5.26 Å².